The van der Waals surface area contributed by atoms with E-state index in [0.29, 0.717) is 0 Å². The molecule has 30 heavy (non-hydrogen) atoms. The Kier molecular flexibility index (Phi) is 6.48. The summed E-state index contributed by atoms with van der Waals surface area (Å²) >= 11 is 0. The first-order valence-electron chi connectivity index (χ1n) is 9.98. The molecule has 0 amide bonds. The highest BCUT2D eigenvalue weighted by molar-refractivity contribution is 6.03. The number of carbonyl (C=O) groups is 3. The van der Waals surface area contributed by atoms with Gasteiger partial charge < -0.3 is 14.6 Å². The van der Waals surface area contributed by atoms with Gasteiger partial charge >= 0.3 is 11.9 Å². The summed E-state index contributed by atoms with van der Waals surface area (Å²) in [5.41, 5.74) is -3.27. The predicted octanol–water partition coefficient (Wildman–Crippen LogP) is 3.55. The predicted molar refractivity (Wildman–Crippen MR) is 108 cm³/mol. The fourth-order valence-corrected chi connectivity index (χ4v) is 3.86. The topological polar surface area (TPSA) is 89.9 Å². The fraction of sp³-hybridized carbons (Fsp3) is 0.609. The SMILES string of the molecule is CC(C)(C)OC(=O)[C@@H]1C(=O)C[C@@](C)(O)[C@@H](C(=O)OC(C)(C)C)[C@H]1c1cccc(F)c1. The van der Waals surface area contributed by atoms with Crippen LogP contribution in [0.25, 0.3) is 0 Å². The van der Waals surface area contributed by atoms with Gasteiger partial charge in [0.05, 0.1) is 11.5 Å². The molecule has 1 N–H and O–H groups in total. The Morgan fingerprint density at radius 3 is 2.10 bits per heavy atom. The minimum atomic E-state index is -1.78. The van der Waals surface area contributed by atoms with Gasteiger partial charge in [0.1, 0.15) is 22.9 Å². The molecule has 0 bridgehead atoms. The molecule has 0 aliphatic heterocycles. The lowest BCUT2D eigenvalue weighted by atomic mass is 9.61. The van der Waals surface area contributed by atoms with Crippen LogP contribution in [0.5, 0.6) is 0 Å². The van der Waals surface area contributed by atoms with Gasteiger partial charge in [0, 0.05) is 12.3 Å². The van der Waals surface area contributed by atoms with Gasteiger partial charge in [-0.25, -0.2) is 4.39 Å². The normalized spacial score (nSPS) is 27.5. The summed E-state index contributed by atoms with van der Waals surface area (Å²) in [6.07, 6.45) is -0.424. The van der Waals surface area contributed by atoms with Crippen LogP contribution in [0.3, 0.4) is 0 Å². The van der Waals surface area contributed by atoms with Gasteiger partial charge in [-0.2, -0.15) is 0 Å². The molecule has 1 aromatic carbocycles. The Morgan fingerprint density at radius 2 is 1.60 bits per heavy atom. The van der Waals surface area contributed by atoms with Crippen LogP contribution in [0.15, 0.2) is 24.3 Å². The molecular formula is C23H31FO6. The van der Waals surface area contributed by atoms with Crippen LogP contribution in [0.4, 0.5) is 4.39 Å². The highest BCUT2D eigenvalue weighted by atomic mass is 19.1. The molecule has 2 rings (SSSR count). The first kappa shape index (κ1) is 24.0. The summed E-state index contributed by atoms with van der Waals surface area (Å²) in [7, 11) is 0. The number of halogens is 1. The average molecular weight is 422 g/mol. The highest BCUT2D eigenvalue weighted by Gasteiger charge is 2.57. The van der Waals surface area contributed by atoms with Crippen molar-refractivity contribution in [2.24, 2.45) is 11.8 Å². The summed E-state index contributed by atoms with van der Waals surface area (Å²) in [4.78, 5) is 39.1. The van der Waals surface area contributed by atoms with Crippen molar-refractivity contribution in [3.63, 3.8) is 0 Å². The molecule has 1 aromatic rings. The molecule has 0 heterocycles. The summed E-state index contributed by atoms with van der Waals surface area (Å²) in [5, 5.41) is 11.0. The van der Waals surface area contributed by atoms with E-state index in [1.165, 1.54) is 25.1 Å². The molecule has 0 radical (unpaired) electrons. The first-order chi connectivity index (χ1) is 13.5. The zero-order valence-electron chi connectivity index (χ0n) is 18.6. The highest BCUT2D eigenvalue weighted by Crippen LogP contribution is 2.47. The molecule has 1 aliphatic rings. The van der Waals surface area contributed by atoms with E-state index in [9.17, 15) is 23.9 Å². The van der Waals surface area contributed by atoms with E-state index < -0.39 is 64.5 Å². The van der Waals surface area contributed by atoms with Gasteiger partial charge in [0.2, 0.25) is 0 Å². The number of hydrogen-bond acceptors (Lipinski definition) is 6. The van der Waals surface area contributed by atoms with E-state index in [1.807, 2.05) is 0 Å². The van der Waals surface area contributed by atoms with Crippen LogP contribution in [0.1, 0.15) is 66.4 Å². The standard InChI is InChI=1S/C23H31FO6/c1-21(2,3)29-19(26)17-15(25)12-23(7,28)18(20(27)30-22(4,5)6)16(17)13-9-8-10-14(24)11-13/h8-11,16-18,28H,12H2,1-7H3/t16-,17+,18+,23+/m0/s1. The molecule has 1 saturated carbocycles. The van der Waals surface area contributed by atoms with E-state index in [1.54, 1.807) is 41.5 Å². The summed E-state index contributed by atoms with van der Waals surface area (Å²) in [6, 6.07) is 5.33. The number of benzene rings is 1. The maximum atomic E-state index is 14.0. The summed E-state index contributed by atoms with van der Waals surface area (Å²) in [5.74, 6) is -6.51. The maximum Gasteiger partial charge on any atom is 0.317 e. The Labute approximate surface area is 176 Å². The van der Waals surface area contributed by atoms with E-state index >= 15 is 0 Å². The number of rotatable bonds is 3. The Bertz CT molecular complexity index is 831. The van der Waals surface area contributed by atoms with Gasteiger partial charge in [0.25, 0.3) is 0 Å². The van der Waals surface area contributed by atoms with Gasteiger partial charge in [-0.15, -0.1) is 0 Å². The lowest BCUT2D eigenvalue weighted by Gasteiger charge is -2.44. The third-order valence-corrected chi connectivity index (χ3v) is 4.82. The molecule has 4 atom stereocenters. The van der Waals surface area contributed by atoms with Crippen LogP contribution in [0.2, 0.25) is 0 Å². The second-order valence-electron chi connectivity index (χ2n) is 10.1. The van der Waals surface area contributed by atoms with E-state index in [2.05, 4.69) is 0 Å². The van der Waals surface area contributed by atoms with Crippen molar-refractivity contribution in [3.05, 3.63) is 35.6 Å². The number of ether oxygens (including phenoxy) is 2. The monoisotopic (exact) mass is 422 g/mol. The zero-order valence-corrected chi connectivity index (χ0v) is 18.6. The van der Waals surface area contributed by atoms with Crippen molar-refractivity contribution in [1.29, 1.82) is 0 Å². The van der Waals surface area contributed by atoms with E-state index in [4.69, 9.17) is 9.47 Å². The van der Waals surface area contributed by atoms with Gasteiger partial charge in [0.15, 0.2) is 5.78 Å². The maximum absolute atomic E-state index is 14.0. The molecule has 0 saturated heterocycles. The number of esters is 2. The number of aliphatic hydroxyl groups is 1. The van der Waals surface area contributed by atoms with Crippen molar-refractivity contribution in [1.82, 2.24) is 0 Å². The second-order valence-corrected chi connectivity index (χ2v) is 10.1. The lowest BCUT2D eigenvalue weighted by molar-refractivity contribution is -0.182. The van der Waals surface area contributed by atoms with Crippen molar-refractivity contribution >= 4 is 17.7 Å². The average Bonchev–Trinajstić information content (AvgIpc) is 2.49. The molecule has 6 nitrogen and oxygen atoms in total. The quantitative estimate of drug-likeness (QED) is 0.592. The summed E-state index contributed by atoms with van der Waals surface area (Å²) < 4.78 is 25.0. The largest absolute Gasteiger partial charge is 0.460 e. The van der Waals surface area contributed by atoms with Crippen molar-refractivity contribution in [2.45, 2.75) is 77.6 Å². The number of hydrogen-bond donors (Lipinski definition) is 1. The molecule has 0 spiro atoms. The Morgan fingerprint density at radius 1 is 1.07 bits per heavy atom. The Balaban J connectivity index is 2.64. The number of carbonyl (C=O) groups excluding carboxylic acids is 3. The van der Waals surface area contributed by atoms with Crippen LogP contribution in [0, 0.1) is 17.7 Å². The summed E-state index contributed by atoms with van der Waals surface area (Å²) in [6.45, 7) is 11.4. The van der Waals surface area contributed by atoms with E-state index in [-0.39, 0.29) is 5.56 Å². The lowest BCUT2D eigenvalue weighted by Crippen LogP contribution is -2.56. The molecule has 0 unspecified atom stereocenters. The van der Waals surface area contributed by atoms with Crippen LogP contribution >= 0.6 is 0 Å². The van der Waals surface area contributed by atoms with Gasteiger partial charge in [-0.3, -0.25) is 14.4 Å². The molecular weight excluding hydrogens is 391 g/mol. The van der Waals surface area contributed by atoms with Gasteiger partial charge in [-0.1, -0.05) is 12.1 Å². The third-order valence-electron chi connectivity index (χ3n) is 4.82. The first-order valence-corrected chi connectivity index (χ1v) is 9.98. The molecule has 166 valence electrons. The molecule has 7 heteroatoms. The van der Waals surface area contributed by atoms with Crippen LogP contribution in [-0.2, 0) is 23.9 Å². The van der Waals surface area contributed by atoms with Gasteiger partial charge in [-0.05, 0) is 66.2 Å². The molecule has 1 fully saturated rings. The van der Waals surface area contributed by atoms with Crippen molar-refractivity contribution < 1.29 is 33.4 Å². The Hall–Kier alpha value is -2.28. The zero-order chi connectivity index (χ0) is 23.1. The van der Waals surface area contributed by atoms with Crippen molar-refractivity contribution in [2.75, 3.05) is 0 Å². The van der Waals surface area contributed by atoms with Crippen LogP contribution < -0.4 is 0 Å². The third kappa shape index (κ3) is 5.65. The minimum absolute atomic E-state index is 0.245. The molecule has 1 aliphatic carbocycles. The van der Waals surface area contributed by atoms with Crippen molar-refractivity contribution in [3.8, 4) is 0 Å². The number of ketones is 1. The molecule has 0 aromatic heterocycles. The fourth-order valence-electron chi connectivity index (χ4n) is 3.86. The second kappa shape index (κ2) is 8.10. The number of Topliss-reactive ketones (excluding diaryl/α,β-unsaturated/α-hetero) is 1. The van der Waals surface area contributed by atoms with Crippen LogP contribution in [-0.4, -0.2) is 39.6 Å². The smallest absolute Gasteiger partial charge is 0.317 e. The minimum Gasteiger partial charge on any atom is -0.460 e. The van der Waals surface area contributed by atoms with E-state index in [0.717, 1.165) is 6.07 Å².